The van der Waals surface area contributed by atoms with Gasteiger partial charge in [-0.05, 0) is 32.9 Å². The second kappa shape index (κ2) is 5.98. The number of ether oxygens (including phenoxy) is 1. The van der Waals surface area contributed by atoms with E-state index in [1.807, 2.05) is 37.3 Å². The molecule has 3 rings (SSSR count). The summed E-state index contributed by atoms with van der Waals surface area (Å²) < 4.78 is 5.22. The first-order valence-corrected chi connectivity index (χ1v) is 7.69. The van der Waals surface area contributed by atoms with E-state index in [-0.39, 0.29) is 29.8 Å². The van der Waals surface area contributed by atoms with Crippen LogP contribution in [-0.2, 0) is 9.53 Å². The second-order valence-corrected chi connectivity index (χ2v) is 6.04. The molecule has 0 bridgehead atoms. The molecule has 112 valence electrons. The van der Waals surface area contributed by atoms with Gasteiger partial charge >= 0.3 is 5.97 Å². The van der Waals surface area contributed by atoms with E-state index in [0.717, 1.165) is 37.9 Å². The lowest BCUT2D eigenvalue weighted by Crippen LogP contribution is -2.44. The van der Waals surface area contributed by atoms with Crippen molar-refractivity contribution in [2.75, 3.05) is 13.1 Å². The number of cyclic esters (lactones) is 1. The Morgan fingerprint density at radius 3 is 2.43 bits per heavy atom. The van der Waals surface area contributed by atoms with Gasteiger partial charge in [0.1, 0.15) is 12.1 Å². The molecule has 0 amide bonds. The SMILES string of the molecule is C[C@H]1C[C@H](N2CCC(C(=O)c3ccccc3)CC2)C(=O)O1. The highest BCUT2D eigenvalue weighted by atomic mass is 16.6. The third-order valence-corrected chi connectivity index (χ3v) is 4.54. The zero-order valence-electron chi connectivity index (χ0n) is 12.3. The number of hydrogen-bond acceptors (Lipinski definition) is 4. The number of esters is 1. The molecule has 0 aliphatic carbocycles. The molecule has 0 saturated carbocycles. The summed E-state index contributed by atoms with van der Waals surface area (Å²) in [6.07, 6.45) is 2.44. The van der Waals surface area contributed by atoms with Crippen LogP contribution >= 0.6 is 0 Å². The van der Waals surface area contributed by atoms with Crippen LogP contribution in [0.3, 0.4) is 0 Å². The molecule has 4 heteroatoms. The van der Waals surface area contributed by atoms with Crippen molar-refractivity contribution in [3.05, 3.63) is 35.9 Å². The predicted molar refractivity (Wildman–Crippen MR) is 79.0 cm³/mol. The molecule has 2 fully saturated rings. The van der Waals surface area contributed by atoms with Crippen molar-refractivity contribution in [2.24, 2.45) is 5.92 Å². The molecule has 4 nitrogen and oxygen atoms in total. The second-order valence-electron chi connectivity index (χ2n) is 6.04. The first kappa shape index (κ1) is 14.3. The summed E-state index contributed by atoms with van der Waals surface area (Å²) in [5.41, 5.74) is 0.796. The maximum Gasteiger partial charge on any atom is 0.323 e. The van der Waals surface area contributed by atoms with Crippen LogP contribution in [0.1, 0.15) is 36.5 Å². The Bertz CT molecular complexity index is 520. The molecule has 1 aromatic rings. The number of carbonyl (C=O) groups is 2. The standard InChI is InChI=1S/C17H21NO3/c1-12-11-15(17(20)21-12)18-9-7-14(8-10-18)16(19)13-5-3-2-4-6-13/h2-6,12,14-15H,7-11H2,1H3/t12-,15-/m0/s1. The summed E-state index contributed by atoms with van der Waals surface area (Å²) in [5.74, 6) is 0.214. The van der Waals surface area contributed by atoms with Crippen LogP contribution in [0.4, 0.5) is 0 Å². The van der Waals surface area contributed by atoms with Crippen molar-refractivity contribution in [2.45, 2.75) is 38.3 Å². The number of likely N-dealkylation sites (tertiary alicyclic amines) is 1. The molecule has 2 aliphatic heterocycles. The van der Waals surface area contributed by atoms with Crippen LogP contribution in [-0.4, -0.2) is 41.9 Å². The van der Waals surface area contributed by atoms with Crippen LogP contribution in [0, 0.1) is 5.92 Å². The molecular formula is C17H21NO3. The number of carbonyl (C=O) groups excluding carboxylic acids is 2. The molecule has 2 atom stereocenters. The van der Waals surface area contributed by atoms with Crippen molar-refractivity contribution in [3.8, 4) is 0 Å². The van der Waals surface area contributed by atoms with Crippen molar-refractivity contribution < 1.29 is 14.3 Å². The quantitative estimate of drug-likeness (QED) is 0.632. The average Bonchev–Trinajstić information content (AvgIpc) is 2.86. The fourth-order valence-electron chi connectivity index (χ4n) is 3.35. The molecule has 0 N–H and O–H groups in total. The van der Waals surface area contributed by atoms with Crippen molar-refractivity contribution in [1.82, 2.24) is 4.90 Å². The Morgan fingerprint density at radius 1 is 1.19 bits per heavy atom. The van der Waals surface area contributed by atoms with Gasteiger partial charge in [0.15, 0.2) is 5.78 Å². The summed E-state index contributed by atoms with van der Waals surface area (Å²) in [5, 5.41) is 0. The van der Waals surface area contributed by atoms with Crippen LogP contribution in [0.2, 0.25) is 0 Å². The Kier molecular flexibility index (Phi) is 4.06. The molecular weight excluding hydrogens is 266 g/mol. The number of nitrogens with zero attached hydrogens (tertiary/aromatic N) is 1. The monoisotopic (exact) mass is 287 g/mol. The van der Waals surface area contributed by atoms with Gasteiger partial charge in [-0.15, -0.1) is 0 Å². The zero-order valence-corrected chi connectivity index (χ0v) is 12.3. The fraction of sp³-hybridized carbons (Fsp3) is 0.529. The minimum atomic E-state index is -0.104. The van der Waals surface area contributed by atoms with E-state index in [2.05, 4.69) is 4.90 Å². The number of rotatable bonds is 3. The third kappa shape index (κ3) is 3.00. The van der Waals surface area contributed by atoms with Crippen LogP contribution in [0.25, 0.3) is 0 Å². The van der Waals surface area contributed by atoms with Crippen LogP contribution in [0.15, 0.2) is 30.3 Å². The number of piperidine rings is 1. The van der Waals surface area contributed by atoms with Gasteiger partial charge in [0.05, 0.1) is 0 Å². The Hall–Kier alpha value is -1.68. The van der Waals surface area contributed by atoms with Gasteiger partial charge in [-0.1, -0.05) is 30.3 Å². The summed E-state index contributed by atoms with van der Waals surface area (Å²) >= 11 is 0. The highest BCUT2D eigenvalue weighted by Gasteiger charge is 2.38. The average molecular weight is 287 g/mol. The Labute approximate surface area is 125 Å². The minimum absolute atomic E-state index is 0.0196. The summed E-state index contributed by atoms with van der Waals surface area (Å²) in [4.78, 5) is 26.4. The van der Waals surface area contributed by atoms with E-state index in [4.69, 9.17) is 4.74 Å². The van der Waals surface area contributed by atoms with Crippen molar-refractivity contribution >= 4 is 11.8 Å². The summed E-state index contributed by atoms with van der Waals surface area (Å²) in [7, 11) is 0. The number of ketones is 1. The topological polar surface area (TPSA) is 46.6 Å². The molecule has 2 aliphatic rings. The van der Waals surface area contributed by atoms with E-state index in [9.17, 15) is 9.59 Å². The summed E-state index contributed by atoms with van der Waals surface area (Å²) in [6.45, 7) is 3.54. The van der Waals surface area contributed by atoms with Gasteiger partial charge in [0.2, 0.25) is 0 Å². The van der Waals surface area contributed by atoms with Crippen molar-refractivity contribution in [1.29, 1.82) is 0 Å². The number of benzene rings is 1. The lowest BCUT2D eigenvalue weighted by Gasteiger charge is -2.33. The highest BCUT2D eigenvalue weighted by molar-refractivity contribution is 5.97. The maximum atomic E-state index is 12.4. The highest BCUT2D eigenvalue weighted by Crippen LogP contribution is 2.27. The zero-order chi connectivity index (χ0) is 14.8. The van der Waals surface area contributed by atoms with E-state index in [1.165, 1.54) is 0 Å². The van der Waals surface area contributed by atoms with Gasteiger partial charge < -0.3 is 4.74 Å². The fourth-order valence-corrected chi connectivity index (χ4v) is 3.35. The third-order valence-electron chi connectivity index (χ3n) is 4.54. The molecule has 0 radical (unpaired) electrons. The van der Waals surface area contributed by atoms with Crippen LogP contribution in [0.5, 0.6) is 0 Å². The van der Waals surface area contributed by atoms with E-state index in [0.29, 0.717) is 0 Å². The number of hydrogen-bond donors (Lipinski definition) is 0. The largest absolute Gasteiger partial charge is 0.461 e. The Morgan fingerprint density at radius 2 is 1.86 bits per heavy atom. The lowest BCUT2D eigenvalue weighted by molar-refractivity contribution is -0.145. The van der Waals surface area contributed by atoms with Gasteiger partial charge in [0.25, 0.3) is 0 Å². The van der Waals surface area contributed by atoms with Gasteiger partial charge in [-0.2, -0.15) is 0 Å². The molecule has 1 aromatic carbocycles. The first-order valence-electron chi connectivity index (χ1n) is 7.69. The normalized spacial score (nSPS) is 27.6. The van der Waals surface area contributed by atoms with Crippen LogP contribution < -0.4 is 0 Å². The molecule has 21 heavy (non-hydrogen) atoms. The molecule has 0 spiro atoms. The van der Waals surface area contributed by atoms with E-state index >= 15 is 0 Å². The van der Waals surface area contributed by atoms with E-state index in [1.54, 1.807) is 0 Å². The van der Waals surface area contributed by atoms with Crippen molar-refractivity contribution in [3.63, 3.8) is 0 Å². The maximum absolute atomic E-state index is 12.4. The molecule has 0 unspecified atom stereocenters. The summed E-state index contributed by atoms with van der Waals surface area (Å²) in [6, 6.07) is 9.38. The van der Waals surface area contributed by atoms with Gasteiger partial charge in [-0.25, -0.2) is 0 Å². The van der Waals surface area contributed by atoms with Gasteiger partial charge in [-0.3, -0.25) is 14.5 Å². The first-order chi connectivity index (χ1) is 10.1. The Balaban J connectivity index is 1.58. The minimum Gasteiger partial charge on any atom is -0.461 e. The van der Waals surface area contributed by atoms with Gasteiger partial charge in [0, 0.05) is 17.9 Å². The number of Topliss-reactive ketones (excluding diaryl/α,β-unsaturated/α-hetero) is 1. The molecule has 0 aromatic heterocycles. The lowest BCUT2D eigenvalue weighted by atomic mass is 9.88. The van der Waals surface area contributed by atoms with E-state index < -0.39 is 0 Å². The molecule has 2 saturated heterocycles. The molecule has 2 heterocycles. The predicted octanol–water partition coefficient (Wildman–Crippen LogP) is 2.29. The smallest absolute Gasteiger partial charge is 0.323 e.